The molecule has 0 unspecified atom stereocenters. The number of hydrogen-bond donors (Lipinski definition) is 0. The Bertz CT molecular complexity index is 523. The second-order valence-corrected chi connectivity index (χ2v) is 4.92. The first-order valence-electron chi connectivity index (χ1n) is 5.08. The Hall–Kier alpha value is -1.13. The van der Waals surface area contributed by atoms with Gasteiger partial charge in [-0.05, 0) is 36.4 Å². The van der Waals surface area contributed by atoms with Gasteiger partial charge in [0.2, 0.25) is 0 Å². The summed E-state index contributed by atoms with van der Waals surface area (Å²) in [7, 11) is 0. The molecule has 0 amide bonds. The predicted octanol–water partition coefficient (Wildman–Crippen LogP) is 4.96. The Morgan fingerprint density at radius 1 is 1.11 bits per heavy atom. The molecule has 0 N–H and O–H groups in total. The van der Waals surface area contributed by atoms with Gasteiger partial charge < -0.3 is 4.74 Å². The van der Waals surface area contributed by atoms with E-state index in [1.165, 1.54) is 30.3 Å². The third-order valence-corrected chi connectivity index (χ3v) is 3.15. The lowest BCUT2D eigenvalue weighted by atomic mass is 10.2. The van der Waals surface area contributed by atoms with Crippen molar-refractivity contribution < 1.29 is 13.5 Å². The fourth-order valence-corrected chi connectivity index (χ4v) is 1.91. The largest absolute Gasteiger partial charge is 0.486 e. The highest BCUT2D eigenvalue weighted by Crippen LogP contribution is 2.24. The van der Waals surface area contributed by atoms with Crippen molar-refractivity contribution >= 4 is 27.5 Å². The summed E-state index contributed by atoms with van der Waals surface area (Å²) in [4.78, 5) is 0. The maximum Gasteiger partial charge on any atom is 0.165 e. The maximum atomic E-state index is 13.4. The Labute approximate surface area is 116 Å². The highest BCUT2D eigenvalue weighted by molar-refractivity contribution is 9.10. The molecule has 0 aliphatic heterocycles. The van der Waals surface area contributed by atoms with Crippen molar-refractivity contribution in [1.82, 2.24) is 0 Å². The fraction of sp³-hybridized carbons (Fsp3) is 0.0769. The van der Waals surface area contributed by atoms with Crippen LogP contribution < -0.4 is 4.74 Å². The topological polar surface area (TPSA) is 9.23 Å². The van der Waals surface area contributed by atoms with Gasteiger partial charge in [-0.2, -0.15) is 0 Å². The van der Waals surface area contributed by atoms with Gasteiger partial charge in [-0.15, -0.1) is 0 Å². The summed E-state index contributed by atoms with van der Waals surface area (Å²) in [5, 5.41) is 0.381. The number of halogens is 4. The van der Waals surface area contributed by atoms with Crippen molar-refractivity contribution in [3.8, 4) is 5.75 Å². The minimum atomic E-state index is -0.481. The lowest BCUT2D eigenvalue weighted by molar-refractivity contribution is 0.289. The van der Waals surface area contributed by atoms with Crippen LogP contribution in [0.15, 0.2) is 40.9 Å². The van der Waals surface area contributed by atoms with E-state index in [1.54, 1.807) is 6.07 Å². The first kappa shape index (κ1) is 13.3. The molecule has 0 aliphatic carbocycles. The van der Waals surface area contributed by atoms with Crippen LogP contribution in [-0.2, 0) is 6.61 Å². The molecule has 1 nitrogen and oxygen atoms in total. The molecule has 0 radical (unpaired) electrons. The molecule has 0 spiro atoms. The van der Waals surface area contributed by atoms with E-state index < -0.39 is 11.6 Å². The molecule has 0 heterocycles. The molecule has 0 fully saturated rings. The summed E-state index contributed by atoms with van der Waals surface area (Å²) in [6.07, 6.45) is 0. The van der Waals surface area contributed by atoms with E-state index in [0.29, 0.717) is 15.1 Å². The summed E-state index contributed by atoms with van der Waals surface area (Å²) in [6, 6.07) is 8.31. The van der Waals surface area contributed by atoms with Gasteiger partial charge in [0, 0.05) is 15.1 Å². The zero-order chi connectivity index (χ0) is 13.1. The number of benzene rings is 2. The third-order valence-electron chi connectivity index (χ3n) is 2.28. The summed E-state index contributed by atoms with van der Waals surface area (Å²) in [6.45, 7) is 0.00394. The van der Waals surface area contributed by atoms with Crippen molar-refractivity contribution in [3.05, 3.63) is 63.1 Å². The van der Waals surface area contributed by atoms with Crippen LogP contribution >= 0.6 is 27.5 Å². The lowest BCUT2D eigenvalue weighted by Crippen LogP contribution is -1.99. The van der Waals surface area contributed by atoms with Crippen molar-refractivity contribution in [2.24, 2.45) is 0 Å². The van der Waals surface area contributed by atoms with Gasteiger partial charge in [0.15, 0.2) is 11.6 Å². The van der Waals surface area contributed by atoms with E-state index >= 15 is 0 Å². The maximum absolute atomic E-state index is 13.4. The summed E-state index contributed by atoms with van der Waals surface area (Å²) < 4.78 is 32.4. The molecule has 94 valence electrons. The first-order valence-corrected chi connectivity index (χ1v) is 6.25. The first-order chi connectivity index (χ1) is 8.56. The van der Waals surface area contributed by atoms with Gasteiger partial charge in [-0.3, -0.25) is 0 Å². The second kappa shape index (κ2) is 5.67. The van der Waals surface area contributed by atoms with Crippen molar-refractivity contribution in [2.75, 3.05) is 0 Å². The average Bonchev–Trinajstić information content (AvgIpc) is 2.34. The summed E-state index contributed by atoms with van der Waals surface area (Å²) in [5.74, 6) is -0.803. The van der Waals surface area contributed by atoms with Crippen LogP contribution in [0.5, 0.6) is 5.75 Å². The second-order valence-electron chi connectivity index (χ2n) is 3.60. The van der Waals surface area contributed by atoms with E-state index in [-0.39, 0.29) is 12.4 Å². The average molecular weight is 334 g/mol. The quantitative estimate of drug-likeness (QED) is 0.771. The lowest BCUT2D eigenvalue weighted by Gasteiger charge is -2.09. The summed E-state index contributed by atoms with van der Waals surface area (Å²) in [5.41, 5.74) is 0.469. The zero-order valence-corrected chi connectivity index (χ0v) is 11.4. The molecule has 0 bridgehead atoms. The Morgan fingerprint density at radius 2 is 1.89 bits per heavy atom. The van der Waals surface area contributed by atoms with Crippen LogP contribution in [0, 0.1) is 11.6 Å². The predicted molar refractivity (Wildman–Crippen MR) is 69.8 cm³/mol. The van der Waals surface area contributed by atoms with Gasteiger partial charge in [-0.1, -0.05) is 27.5 Å². The van der Waals surface area contributed by atoms with Gasteiger partial charge in [0.05, 0.1) is 0 Å². The third kappa shape index (κ3) is 3.21. The number of hydrogen-bond acceptors (Lipinski definition) is 1. The SMILES string of the molecule is Fc1ccc(Cl)c(COc2cc(Br)ccc2F)c1. The molecular weight excluding hydrogens is 325 g/mol. The van der Waals surface area contributed by atoms with Crippen LogP contribution in [-0.4, -0.2) is 0 Å². The highest BCUT2D eigenvalue weighted by Gasteiger charge is 2.07. The number of ether oxygens (including phenoxy) is 1. The molecule has 5 heteroatoms. The van der Waals surface area contributed by atoms with Crippen LogP contribution in [0.25, 0.3) is 0 Å². The Kier molecular flexibility index (Phi) is 4.19. The highest BCUT2D eigenvalue weighted by atomic mass is 79.9. The van der Waals surface area contributed by atoms with Crippen molar-refractivity contribution in [2.45, 2.75) is 6.61 Å². The Balaban J connectivity index is 2.16. The zero-order valence-electron chi connectivity index (χ0n) is 9.09. The van der Waals surface area contributed by atoms with Gasteiger partial charge in [0.25, 0.3) is 0 Å². The van der Waals surface area contributed by atoms with Gasteiger partial charge >= 0.3 is 0 Å². The van der Waals surface area contributed by atoms with Crippen LogP contribution in [0.3, 0.4) is 0 Å². The van der Waals surface area contributed by atoms with E-state index in [4.69, 9.17) is 16.3 Å². The van der Waals surface area contributed by atoms with Gasteiger partial charge in [0.1, 0.15) is 12.4 Å². The Morgan fingerprint density at radius 3 is 2.67 bits per heavy atom. The van der Waals surface area contributed by atoms with E-state index in [0.717, 1.165) is 0 Å². The molecule has 0 saturated carbocycles. The molecule has 2 aromatic carbocycles. The minimum absolute atomic E-state index is 0.00394. The van der Waals surface area contributed by atoms with Crippen LogP contribution in [0.4, 0.5) is 8.78 Å². The molecule has 0 saturated heterocycles. The standard InChI is InChI=1S/C13H8BrClF2O/c14-9-1-4-12(17)13(6-9)18-7-8-5-10(16)2-3-11(8)15/h1-6H,7H2. The molecule has 18 heavy (non-hydrogen) atoms. The smallest absolute Gasteiger partial charge is 0.165 e. The molecule has 2 rings (SSSR count). The van der Waals surface area contributed by atoms with Crippen molar-refractivity contribution in [3.63, 3.8) is 0 Å². The summed E-state index contributed by atoms with van der Waals surface area (Å²) >= 11 is 9.10. The van der Waals surface area contributed by atoms with Gasteiger partial charge in [-0.25, -0.2) is 8.78 Å². The van der Waals surface area contributed by atoms with E-state index in [1.807, 2.05) is 0 Å². The van der Waals surface area contributed by atoms with Crippen molar-refractivity contribution in [1.29, 1.82) is 0 Å². The molecule has 0 aromatic heterocycles. The minimum Gasteiger partial charge on any atom is -0.486 e. The van der Waals surface area contributed by atoms with Crippen LogP contribution in [0.2, 0.25) is 5.02 Å². The monoisotopic (exact) mass is 332 g/mol. The normalized spacial score (nSPS) is 10.4. The van der Waals surface area contributed by atoms with E-state index in [9.17, 15) is 8.78 Å². The molecule has 0 atom stereocenters. The van der Waals surface area contributed by atoms with Crippen LogP contribution in [0.1, 0.15) is 5.56 Å². The molecular formula is C13H8BrClF2O. The molecule has 2 aromatic rings. The molecule has 0 aliphatic rings. The number of rotatable bonds is 3. The fourth-order valence-electron chi connectivity index (χ4n) is 1.40. The van der Waals surface area contributed by atoms with E-state index in [2.05, 4.69) is 15.9 Å².